The second-order valence-electron chi connectivity index (χ2n) is 5.14. The van der Waals surface area contributed by atoms with E-state index in [2.05, 4.69) is 69.3 Å². The van der Waals surface area contributed by atoms with Crippen LogP contribution >= 0.6 is 0 Å². The molecule has 2 aromatic carbocycles. The maximum absolute atomic E-state index is 4.81. The predicted octanol–water partition coefficient (Wildman–Crippen LogP) is 4.83. The highest BCUT2D eigenvalue weighted by Gasteiger charge is 2.06. The molecule has 0 bridgehead atoms. The number of benzene rings is 2. The number of hydrogen-bond donors (Lipinski definition) is 0. The van der Waals surface area contributed by atoms with Crippen LogP contribution in [0.25, 0.3) is 22.2 Å². The highest BCUT2D eigenvalue weighted by atomic mass is 14.7. The second-order valence-corrected chi connectivity index (χ2v) is 5.14. The van der Waals surface area contributed by atoms with E-state index >= 15 is 0 Å². The van der Waals surface area contributed by atoms with Gasteiger partial charge in [-0.25, -0.2) is 4.98 Å². The quantitative estimate of drug-likeness (QED) is 0.600. The van der Waals surface area contributed by atoms with Gasteiger partial charge in [0, 0.05) is 10.9 Å². The maximum atomic E-state index is 4.81. The van der Waals surface area contributed by atoms with Crippen LogP contribution in [0.5, 0.6) is 0 Å². The third kappa shape index (κ3) is 2.12. The molecule has 0 saturated carbocycles. The summed E-state index contributed by atoms with van der Waals surface area (Å²) in [6.45, 7) is 6.41. The number of aromatic nitrogens is 1. The fourth-order valence-electron chi connectivity index (χ4n) is 2.41. The Morgan fingerprint density at radius 2 is 1.63 bits per heavy atom. The van der Waals surface area contributed by atoms with E-state index in [1.807, 2.05) is 0 Å². The standard InChI is InChI=1S/C18H17N/c1-12-7-8-15-9-10-17(19-18(15)11-12)16-6-4-5-13(2)14(16)3/h4-11H,1-3H3. The molecule has 0 amide bonds. The van der Waals surface area contributed by atoms with Crippen LogP contribution in [0, 0.1) is 20.8 Å². The molecule has 3 aromatic rings. The van der Waals surface area contributed by atoms with E-state index < -0.39 is 0 Å². The number of pyridine rings is 1. The molecule has 94 valence electrons. The minimum atomic E-state index is 1.05. The minimum Gasteiger partial charge on any atom is -0.248 e. The van der Waals surface area contributed by atoms with Gasteiger partial charge in [0.05, 0.1) is 11.2 Å². The summed E-state index contributed by atoms with van der Waals surface area (Å²) in [4.78, 5) is 4.81. The van der Waals surface area contributed by atoms with E-state index in [9.17, 15) is 0 Å². The van der Waals surface area contributed by atoms with Crippen LogP contribution in [0.1, 0.15) is 16.7 Å². The molecule has 0 aliphatic rings. The van der Waals surface area contributed by atoms with Crippen molar-refractivity contribution in [1.82, 2.24) is 4.98 Å². The lowest BCUT2D eigenvalue weighted by Gasteiger charge is -2.09. The van der Waals surface area contributed by atoms with Crippen molar-refractivity contribution in [2.75, 3.05) is 0 Å². The molecule has 0 aliphatic carbocycles. The summed E-state index contributed by atoms with van der Waals surface area (Å²) < 4.78 is 0. The van der Waals surface area contributed by atoms with E-state index in [1.54, 1.807) is 0 Å². The molecule has 3 rings (SSSR count). The van der Waals surface area contributed by atoms with Crippen molar-refractivity contribution in [1.29, 1.82) is 0 Å². The van der Waals surface area contributed by atoms with Crippen molar-refractivity contribution in [3.63, 3.8) is 0 Å². The molecule has 0 unspecified atom stereocenters. The van der Waals surface area contributed by atoms with Crippen molar-refractivity contribution in [3.8, 4) is 11.3 Å². The molecule has 0 N–H and O–H groups in total. The van der Waals surface area contributed by atoms with Crippen molar-refractivity contribution >= 4 is 10.9 Å². The zero-order chi connectivity index (χ0) is 13.4. The first-order chi connectivity index (χ1) is 9.15. The number of aryl methyl sites for hydroxylation is 2. The summed E-state index contributed by atoms with van der Waals surface area (Å²) in [6.07, 6.45) is 0. The Balaban J connectivity index is 2.22. The Labute approximate surface area is 113 Å². The van der Waals surface area contributed by atoms with E-state index in [-0.39, 0.29) is 0 Å². The summed E-state index contributed by atoms with van der Waals surface area (Å²) in [5.74, 6) is 0. The summed E-state index contributed by atoms with van der Waals surface area (Å²) in [6, 6.07) is 17.0. The van der Waals surface area contributed by atoms with Crippen LogP contribution in [0.2, 0.25) is 0 Å². The predicted molar refractivity (Wildman–Crippen MR) is 81.4 cm³/mol. The van der Waals surface area contributed by atoms with Crippen molar-refractivity contribution in [2.24, 2.45) is 0 Å². The molecule has 0 atom stereocenters. The lowest BCUT2D eigenvalue weighted by atomic mass is 10.00. The van der Waals surface area contributed by atoms with Gasteiger partial charge in [0.25, 0.3) is 0 Å². The second kappa shape index (κ2) is 4.51. The number of nitrogens with zero attached hydrogens (tertiary/aromatic N) is 1. The van der Waals surface area contributed by atoms with Crippen molar-refractivity contribution < 1.29 is 0 Å². The van der Waals surface area contributed by atoms with Crippen LogP contribution in [-0.4, -0.2) is 4.98 Å². The molecule has 0 spiro atoms. The van der Waals surface area contributed by atoms with E-state index in [0.29, 0.717) is 0 Å². The number of fused-ring (bicyclic) bond motifs is 1. The monoisotopic (exact) mass is 247 g/mol. The van der Waals surface area contributed by atoms with Crippen LogP contribution in [-0.2, 0) is 0 Å². The average Bonchev–Trinajstić information content (AvgIpc) is 2.41. The van der Waals surface area contributed by atoms with Gasteiger partial charge in [0.15, 0.2) is 0 Å². The SMILES string of the molecule is Cc1ccc2ccc(-c3cccc(C)c3C)nc2c1. The average molecular weight is 247 g/mol. The van der Waals surface area contributed by atoms with Crippen LogP contribution in [0.15, 0.2) is 48.5 Å². The fraction of sp³-hybridized carbons (Fsp3) is 0.167. The molecule has 1 heterocycles. The molecule has 0 saturated heterocycles. The van der Waals surface area contributed by atoms with Crippen LogP contribution < -0.4 is 0 Å². The van der Waals surface area contributed by atoms with Crippen molar-refractivity contribution in [3.05, 3.63) is 65.2 Å². The topological polar surface area (TPSA) is 12.9 Å². The summed E-state index contributed by atoms with van der Waals surface area (Å²) >= 11 is 0. The zero-order valence-electron chi connectivity index (χ0n) is 11.6. The van der Waals surface area contributed by atoms with Gasteiger partial charge >= 0.3 is 0 Å². The largest absolute Gasteiger partial charge is 0.248 e. The van der Waals surface area contributed by atoms with Crippen LogP contribution in [0.4, 0.5) is 0 Å². The minimum absolute atomic E-state index is 1.05. The third-order valence-electron chi connectivity index (χ3n) is 3.73. The van der Waals surface area contributed by atoms with Gasteiger partial charge in [-0.1, -0.05) is 36.4 Å². The zero-order valence-corrected chi connectivity index (χ0v) is 11.6. The fourth-order valence-corrected chi connectivity index (χ4v) is 2.41. The third-order valence-corrected chi connectivity index (χ3v) is 3.73. The van der Waals surface area contributed by atoms with Gasteiger partial charge in [-0.2, -0.15) is 0 Å². The molecular formula is C18H17N. The van der Waals surface area contributed by atoms with Gasteiger partial charge in [0.2, 0.25) is 0 Å². The maximum Gasteiger partial charge on any atom is 0.0712 e. The Morgan fingerprint density at radius 3 is 2.47 bits per heavy atom. The van der Waals surface area contributed by atoms with Gasteiger partial charge < -0.3 is 0 Å². The van der Waals surface area contributed by atoms with Gasteiger partial charge in [0.1, 0.15) is 0 Å². The Hall–Kier alpha value is -2.15. The summed E-state index contributed by atoms with van der Waals surface area (Å²) in [7, 11) is 0. The highest BCUT2D eigenvalue weighted by Crippen LogP contribution is 2.26. The molecule has 1 aromatic heterocycles. The van der Waals surface area contributed by atoms with Gasteiger partial charge in [-0.15, -0.1) is 0 Å². The first-order valence-electron chi connectivity index (χ1n) is 6.59. The normalized spacial score (nSPS) is 10.9. The molecule has 1 heteroatoms. The van der Waals surface area contributed by atoms with Crippen LogP contribution in [0.3, 0.4) is 0 Å². The smallest absolute Gasteiger partial charge is 0.0712 e. The van der Waals surface area contributed by atoms with E-state index in [4.69, 9.17) is 4.98 Å². The van der Waals surface area contributed by atoms with Gasteiger partial charge in [-0.3, -0.25) is 0 Å². The number of hydrogen-bond acceptors (Lipinski definition) is 1. The Bertz CT molecular complexity index is 757. The first kappa shape index (κ1) is 11.9. The molecular weight excluding hydrogens is 230 g/mol. The molecule has 0 aliphatic heterocycles. The lowest BCUT2D eigenvalue weighted by Crippen LogP contribution is -1.90. The first-order valence-corrected chi connectivity index (χ1v) is 6.59. The lowest BCUT2D eigenvalue weighted by molar-refractivity contribution is 1.30. The van der Waals surface area contributed by atoms with E-state index in [0.717, 1.165) is 11.2 Å². The molecule has 1 nitrogen and oxygen atoms in total. The highest BCUT2D eigenvalue weighted by molar-refractivity contribution is 5.82. The van der Waals surface area contributed by atoms with Crippen molar-refractivity contribution in [2.45, 2.75) is 20.8 Å². The van der Waals surface area contributed by atoms with Gasteiger partial charge in [-0.05, 0) is 49.6 Å². The Morgan fingerprint density at radius 1 is 0.842 bits per heavy atom. The molecule has 0 radical (unpaired) electrons. The summed E-state index contributed by atoms with van der Waals surface area (Å²) in [5.41, 5.74) is 7.21. The Kier molecular flexibility index (Phi) is 2.83. The molecule has 0 fully saturated rings. The summed E-state index contributed by atoms with van der Waals surface area (Å²) in [5, 5.41) is 1.19. The molecule has 19 heavy (non-hydrogen) atoms. The van der Waals surface area contributed by atoms with E-state index in [1.165, 1.54) is 27.6 Å². The number of rotatable bonds is 1.